The first-order valence-electron chi connectivity index (χ1n) is 12.6. The Hall–Kier alpha value is -2.38. The van der Waals surface area contributed by atoms with Crippen LogP contribution in [0.15, 0.2) is 48.7 Å². The van der Waals surface area contributed by atoms with Gasteiger partial charge in [-0.05, 0) is 86.0 Å². The van der Waals surface area contributed by atoms with Gasteiger partial charge in [0.15, 0.2) is 0 Å². The Morgan fingerprint density at radius 1 is 0.972 bits per heavy atom. The number of aliphatic hydroxyl groups excluding tert-OH is 1. The second-order valence-electron chi connectivity index (χ2n) is 10.0. The maximum absolute atomic E-state index is 13.3. The van der Waals surface area contributed by atoms with Crippen LogP contribution in [0.5, 0.6) is 5.75 Å². The molecule has 0 bridgehead atoms. The van der Waals surface area contributed by atoms with E-state index in [1.807, 2.05) is 23.1 Å². The summed E-state index contributed by atoms with van der Waals surface area (Å²) < 4.78 is 0. The minimum Gasteiger partial charge on any atom is -0.508 e. The fourth-order valence-corrected chi connectivity index (χ4v) is 6.13. The summed E-state index contributed by atoms with van der Waals surface area (Å²) in [6, 6.07) is 12.9. The third-order valence-corrected chi connectivity index (χ3v) is 8.60. The smallest absolute Gasteiger partial charge is 0.254 e. The number of pyridine rings is 1. The second kappa shape index (κ2) is 10.9. The Balaban J connectivity index is 1.19. The first-order valence-corrected chi connectivity index (χ1v) is 13.3. The predicted octanol–water partition coefficient (Wildman–Crippen LogP) is 5.02. The highest BCUT2D eigenvalue weighted by Crippen LogP contribution is 2.32. The zero-order valence-corrected chi connectivity index (χ0v) is 21.6. The molecule has 8 heteroatoms. The van der Waals surface area contributed by atoms with E-state index in [2.05, 4.69) is 9.88 Å². The highest BCUT2D eigenvalue weighted by Gasteiger charge is 2.34. The molecular formula is C28H31Cl2N3O3. The number of likely N-dealkylation sites (tertiary alicyclic amines) is 2. The van der Waals surface area contributed by atoms with E-state index in [0.717, 1.165) is 44.3 Å². The lowest BCUT2D eigenvalue weighted by Crippen LogP contribution is -2.52. The normalized spacial score (nSPS) is 21.7. The molecule has 2 saturated heterocycles. The van der Waals surface area contributed by atoms with Gasteiger partial charge in [-0.3, -0.25) is 14.7 Å². The molecule has 1 aromatic heterocycles. The van der Waals surface area contributed by atoms with Crippen molar-refractivity contribution in [1.29, 1.82) is 0 Å². The summed E-state index contributed by atoms with van der Waals surface area (Å²) in [6.45, 7) is 3.42. The molecule has 3 heterocycles. The van der Waals surface area contributed by atoms with E-state index in [9.17, 15) is 15.0 Å². The molecule has 2 aliphatic heterocycles. The Kier molecular flexibility index (Phi) is 7.68. The average molecular weight is 528 g/mol. The number of phenols is 1. The van der Waals surface area contributed by atoms with Gasteiger partial charge in [0.2, 0.25) is 0 Å². The molecule has 6 nitrogen and oxygen atoms in total. The summed E-state index contributed by atoms with van der Waals surface area (Å²) in [6.07, 6.45) is 5.39. The lowest BCUT2D eigenvalue weighted by Gasteiger charge is -2.44. The summed E-state index contributed by atoms with van der Waals surface area (Å²) in [5.74, 6) is 0.731. The van der Waals surface area contributed by atoms with Gasteiger partial charge in [-0.2, -0.15) is 0 Å². The number of phenolic OH excluding ortho intramolecular Hbond substituents is 1. The Labute approximate surface area is 221 Å². The topological polar surface area (TPSA) is 76.9 Å². The number of amides is 1. The highest BCUT2D eigenvalue weighted by molar-refractivity contribution is 6.42. The number of aliphatic hydroxyl groups is 1. The molecule has 1 unspecified atom stereocenters. The number of hydrogen-bond donors (Lipinski definition) is 2. The maximum Gasteiger partial charge on any atom is 0.254 e. The zero-order valence-electron chi connectivity index (χ0n) is 20.1. The second-order valence-corrected chi connectivity index (χ2v) is 10.8. The molecule has 0 aliphatic carbocycles. The molecule has 3 aromatic rings. The van der Waals surface area contributed by atoms with Crippen LogP contribution in [0.25, 0.3) is 10.9 Å². The van der Waals surface area contributed by atoms with Crippen molar-refractivity contribution in [2.75, 3.05) is 32.8 Å². The van der Waals surface area contributed by atoms with E-state index in [0.29, 0.717) is 51.6 Å². The molecule has 190 valence electrons. The summed E-state index contributed by atoms with van der Waals surface area (Å²) in [4.78, 5) is 22.1. The van der Waals surface area contributed by atoms with Crippen molar-refractivity contribution in [2.24, 2.45) is 11.8 Å². The molecule has 2 fully saturated rings. The van der Waals surface area contributed by atoms with Gasteiger partial charge < -0.3 is 15.1 Å². The first-order chi connectivity index (χ1) is 17.4. The third kappa shape index (κ3) is 5.32. The van der Waals surface area contributed by atoms with Crippen molar-refractivity contribution in [3.05, 3.63) is 69.8 Å². The Bertz CT molecular complexity index is 1250. The van der Waals surface area contributed by atoms with Crippen molar-refractivity contribution in [2.45, 2.75) is 31.7 Å². The zero-order chi connectivity index (χ0) is 25.2. The summed E-state index contributed by atoms with van der Waals surface area (Å²) in [7, 11) is 0. The van der Waals surface area contributed by atoms with Crippen LogP contribution in [0.1, 0.15) is 35.2 Å². The van der Waals surface area contributed by atoms with Gasteiger partial charge >= 0.3 is 0 Å². The van der Waals surface area contributed by atoms with E-state index in [1.165, 1.54) is 0 Å². The van der Waals surface area contributed by atoms with Gasteiger partial charge in [0.25, 0.3) is 5.91 Å². The molecule has 1 amide bonds. The number of nitrogens with zero attached hydrogens (tertiary/aromatic N) is 3. The minimum absolute atomic E-state index is 0.0139. The molecule has 0 saturated carbocycles. The van der Waals surface area contributed by atoms with Crippen LogP contribution in [0.4, 0.5) is 0 Å². The van der Waals surface area contributed by atoms with Gasteiger partial charge in [0.05, 0.1) is 21.1 Å². The fourth-order valence-electron chi connectivity index (χ4n) is 5.81. The van der Waals surface area contributed by atoms with Crippen molar-refractivity contribution in [1.82, 2.24) is 14.8 Å². The van der Waals surface area contributed by atoms with Crippen LogP contribution in [-0.4, -0.2) is 69.7 Å². The molecule has 2 atom stereocenters. The average Bonchev–Trinajstić information content (AvgIpc) is 2.90. The minimum atomic E-state index is -0.0139. The monoisotopic (exact) mass is 527 g/mol. The maximum atomic E-state index is 13.3. The number of benzene rings is 2. The van der Waals surface area contributed by atoms with Gasteiger partial charge in [-0.25, -0.2) is 0 Å². The third-order valence-electron chi connectivity index (χ3n) is 7.86. The van der Waals surface area contributed by atoms with Crippen LogP contribution in [-0.2, 0) is 6.42 Å². The number of piperidine rings is 2. The van der Waals surface area contributed by atoms with E-state index in [1.54, 1.807) is 30.5 Å². The number of fused-ring (bicyclic) bond motifs is 1. The van der Waals surface area contributed by atoms with Crippen LogP contribution in [0.2, 0.25) is 10.0 Å². The Morgan fingerprint density at radius 2 is 1.78 bits per heavy atom. The molecule has 0 radical (unpaired) electrons. The molecule has 2 N–H and O–H groups in total. The van der Waals surface area contributed by atoms with E-state index >= 15 is 0 Å². The van der Waals surface area contributed by atoms with Gasteiger partial charge in [-0.15, -0.1) is 0 Å². The first kappa shape index (κ1) is 25.3. The van der Waals surface area contributed by atoms with Crippen LogP contribution < -0.4 is 0 Å². The van der Waals surface area contributed by atoms with Crippen molar-refractivity contribution >= 4 is 40.0 Å². The van der Waals surface area contributed by atoms with Crippen LogP contribution in [0, 0.1) is 11.8 Å². The molecule has 5 rings (SSSR count). The van der Waals surface area contributed by atoms with Crippen molar-refractivity contribution in [3.8, 4) is 5.75 Å². The number of carbonyl (C=O) groups excluding carboxylic acids is 1. The van der Waals surface area contributed by atoms with E-state index in [4.69, 9.17) is 23.2 Å². The molecule has 0 spiro atoms. The lowest BCUT2D eigenvalue weighted by molar-refractivity contribution is 0.0242. The molecule has 2 aromatic carbocycles. The summed E-state index contributed by atoms with van der Waals surface area (Å²) >= 11 is 12.3. The Morgan fingerprint density at radius 3 is 2.53 bits per heavy atom. The molecule has 2 aliphatic rings. The number of rotatable bonds is 5. The van der Waals surface area contributed by atoms with Crippen molar-refractivity contribution < 1.29 is 15.0 Å². The highest BCUT2D eigenvalue weighted by atomic mass is 35.5. The fraction of sp³-hybridized carbons (Fsp3) is 0.429. The SMILES string of the molecule is O=C(c1ccnc2ccc(O)cc12)N1CCC(N2CCC(Cc3ccc(Cl)c(Cl)c3)[C@H](CO)C2)CC1. The van der Waals surface area contributed by atoms with Gasteiger partial charge in [0.1, 0.15) is 5.75 Å². The van der Waals surface area contributed by atoms with E-state index in [-0.39, 0.29) is 24.2 Å². The van der Waals surface area contributed by atoms with Crippen LogP contribution in [0.3, 0.4) is 0 Å². The van der Waals surface area contributed by atoms with Gasteiger partial charge in [0, 0.05) is 43.9 Å². The molecule has 36 heavy (non-hydrogen) atoms. The van der Waals surface area contributed by atoms with Crippen LogP contribution >= 0.6 is 23.2 Å². The predicted molar refractivity (Wildman–Crippen MR) is 143 cm³/mol. The lowest BCUT2D eigenvalue weighted by atomic mass is 9.80. The molecular weight excluding hydrogens is 497 g/mol. The number of aromatic hydroxyl groups is 1. The van der Waals surface area contributed by atoms with Gasteiger partial charge in [-0.1, -0.05) is 29.3 Å². The number of carbonyl (C=O) groups is 1. The summed E-state index contributed by atoms with van der Waals surface area (Å²) in [5, 5.41) is 21.9. The quantitative estimate of drug-likeness (QED) is 0.486. The largest absolute Gasteiger partial charge is 0.508 e. The number of halogens is 2. The van der Waals surface area contributed by atoms with Crippen molar-refractivity contribution in [3.63, 3.8) is 0 Å². The standard InChI is InChI=1S/C28H31Cl2N3O3/c29-25-3-1-18(14-26(25)30)13-19-6-10-33(16-20(19)17-34)21-7-11-32(12-8-21)28(36)23-5-9-31-27-4-2-22(35)15-24(23)27/h1-5,9,14-15,19-21,34-35H,6-8,10-13,16-17H2/t19?,20-/m0/s1. The van der Waals surface area contributed by atoms with E-state index < -0.39 is 0 Å². The number of hydrogen-bond acceptors (Lipinski definition) is 5. The number of aromatic nitrogens is 1. The summed E-state index contributed by atoms with van der Waals surface area (Å²) in [5.41, 5.74) is 2.44.